The van der Waals surface area contributed by atoms with Gasteiger partial charge < -0.3 is 9.73 Å². The van der Waals surface area contributed by atoms with Crippen molar-refractivity contribution in [2.45, 2.75) is 6.92 Å². The van der Waals surface area contributed by atoms with E-state index in [0.29, 0.717) is 11.3 Å². The molecule has 1 heterocycles. The van der Waals surface area contributed by atoms with Gasteiger partial charge in [-0.05, 0) is 13.0 Å². The van der Waals surface area contributed by atoms with E-state index in [-0.39, 0.29) is 12.5 Å². The molecule has 0 aliphatic carbocycles. The van der Waals surface area contributed by atoms with Gasteiger partial charge in [0.2, 0.25) is 0 Å². The van der Waals surface area contributed by atoms with Gasteiger partial charge in [-0.3, -0.25) is 4.79 Å². The molecule has 0 radical (unpaired) electrons. The van der Waals surface area contributed by atoms with Crippen LogP contribution in [0.25, 0.3) is 0 Å². The molecule has 0 aliphatic rings. The predicted molar refractivity (Wildman–Crippen MR) is 41.8 cm³/mol. The third-order valence-electron chi connectivity index (χ3n) is 1.48. The molecule has 3 nitrogen and oxygen atoms in total. The molecule has 4 heteroatoms. The van der Waals surface area contributed by atoms with E-state index in [0.717, 1.165) is 0 Å². The molecule has 0 atom stereocenters. The van der Waals surface area contributed by atoms with Gasteiger partial charge in [-0.1, -0.05) is 0 Å². The summed E-state index contributed by atoms with van der Waals surface area (Å²) in [7, 11) is 0. The minimum absolute atomic E-state index is 0.0451. The Morgan fingerprint density at radius 3 is 3.00 bits per heavy atom. The molecule has 1 aromatic heterocycles. The molecule has 0 bridgehead atoms. The molecule has 1 N–H and O–H groups in total. The molecule has 1 aromatic rings. The minimum Gasteiger partial charge on any atom is -0.469 e. The van der Waals surface area contributed by atoms with E-state index in [1.54, 1.807) is 13.0 Å². The van der Waals surface area contributed by atoms with Crippen LogP contribution >= 0.6 is 0 Å². The predicted octanol–water partition coefficient (Wildman–Crippen LogP) is 1.29. The van der Waals surface area contributed by atoms with E-state index < -0.39 is 6.67 Å². The number of hydrogen-bond acceptors (Lipinski definition) is 2. The van der Waals surface area contributed by atoms with Crippen LogP contribution in [-0.4, -0.2) is 19.1 Å². The lowest BCUT2D eigenvalue weighted by Gasteiger charge is -1.99. The van der Waals surface area contributed by atoms with E-state index >= 15 is 0 Å². The second kappa shape index (κ2) is 3.90. The molecule has 66 valence electrons. The molecular formula is C8H10FNO2. The third-order valence-corrected chi connectivity index (χ3v) is 1.48. The number of halogens is 1. The number of nitrogens with one attached hydrogen (secondary N) is 1. The highest BCUT2D eigenvalue weighted by molar-refractivity contribution is 5.94. The van der Waals surface area contributed by atoms with Crippen molar-refractivity contribution in [3.8, 4) is 0 Å². The summed E-state index contributed by atoms with van der Waals surface area (Å²) in [6.45, 7) is 1.18. The van der Waals surface area contributed by atoms with Crippen molar-refractivity contribution in [1.82, 2.24) is 5.32 Å². The van der Waals surface area contributed by atoms with Gasteiger partial charge in [0.15, 0.2) is 0 Å². The zero-order valence-corrected chi connectivity index (χ0v) is 6.76. The summed E-state index contributed by atoms with van der Waals surface area (Å²) in [6.07, 6.45) is 1.43. The van der Waals surface area contributed by atoms with Crippen molar-refractivity contribution >= 4 is 5.91 Å². The second-order valence-corrected chi connectivity index (χ2v) is 2.34. The van der Waals surface area contributed by atoms with Gasteiger partial charge in [0.25, 0.3) is 5.91 Å². The van der Waals surface area contributed by atoms with Gasteiger partial charge in [0, 0.05) is 6.54 Å². The van der Waals surface area contributed by atoms with Crippen LogP contribution in [0.15, 0.2) is 16.7 Å². The average molecular weight is 171 g/mol. The number of rotatable bonds is 3. The first kappa shape index (κ1) is 8.77. The van der Waals surface area contributed by atoms with Crippen molar-refractivity contribution in [3.63, 3.8) is 0 Å². The van der Waals surface area contributed by atoms with Gasteiger partial charge in [0.1, 0.15) is 12.4 Å². The fraction of sp³-hybridized carbons (Fsp3) is 0.375. The Balaban J connectivity index is 2.59. The number of furan rings is 1. The Bertz CT molecular complexity index is 270. The summed E-state index contributed by atoms with van der Waals surface area (Å²) in [5, 5.41) is 2.40. The number of carbonyl (C=O) groups excluding carboxylic acids is 1. The maximum Gasteiger partial charge on any atom is 0.254 e. The zero-order chi connectivity index (χ0) is 8.97. The van der Waals surface area contributed by atoms with Crippen molar-refractivity contribution in [1.29, 1.82) is 0 Å². The largest absolute Gasteiger partial charge is 0.469 e. The van der Waals surface area contributed by atoms with Gasteiger partial charge in [-0.25, -0.2) is 4.39 Å². The number of amides is 1. The van der Waals surface area contributed by atoms with E-state index in [1.165, 1.54) is 6.26 Å². The second-order valence-electron chi connectivity index (χ2n) is 2.34. The smallest absolute Gasteiger partial charge is 0.254 e. The number of hydrogen-bond donors (Lipinski definition) is 1. The molecule has 0 saturated heterocycles. The molecule has 0 unspecified atom stereocenters. The topological polar surface area (TPSA) is 42.2 Å². The van der Waals surface area contributed by atoms with Gasteiger partial charge in [0.05, 0.1) is 11.8 Å². The molecule has 0 saturated carbocycles. The zero-order valence-electron chi connectivity index (χ0n) is 6.76. The van der Waals surface area contributed by atoms with Crippen LogP contribution in [0.3, 0.4) is 0 Å². The highest BCUT2D eigenvalue weighted by Crippen LogP contribution is 2.07. The molecule has 0 aliphatic heterocycles. The molecule has 0 fully saturated rings. The molecule has 1 rings (SSSR count). The Morgan fingerprint density at radius 1 is 1.75 bits per heavy atom. The van der Waals surface area contributed by atoms with E-state index in [9.17, 15) is 9.18 Å². The normalized spacial score (nSPS) is 9.83. The van der Waals surface area contributed by atoms with Crippen LogP contribution in [0.5, 0.6) is 0 Å². The van der Waals surface area contributed by atoms with Gasteiger partial charge in [-0.15, -0.1) is 0 Å². The van der Waals surface area contributed by atoms with Crippen molar-refractivity contribution in [2.24, 2.45) is 0 Å². The molecule has 0 aromatic carbocycles. The van der Waals surface area contributed by atoms with Gasteiger partial charge >= 0.3 is 0 Å². The summed E-state index contributed by atoms with van der Waals surface area (Å²) in [5.41, 5.74) is 0.462. The fourth-order valence-electron chi connectivity index (χ4n) is 0.877. The highest BCUT2D eigenvalue weighted by atomic mass is 19.1. The number of carbonyl (C=O) groups is 1. The molecule has 1 amide bonds. The molecule has 12 heavy (non-hydrogen) atoms. The number of alkyl halides is 1. The summed E-state index contributed by atoms with van der Waals surface area (Å²) < 4.78 is 16.6. The Morgan fingerprint density at radius 2 is 2.50 bits per heavy atom. The van der Waals surface area contributed by atoms with Crippen LogP contribution < -0.4 is 5.32 Å². The minimum atomic E-state index is -0.553. The Hall–Kier alpha value is -1.32. The Kier molecular flexibility index (Phi) is 2.85. The first-order valence-corrected chi connectivity index (χ1v) is 3.64. The average Bonchev–Trinajstić information content (AvgIpc) is 2.47. The Labute approximate surface area is 69.6 Å². The van der Waals surface area contributed by atoms with Gasteiger partial charge in [-0.2, -0.15) is 0 Å². The third kappa shape index (κ3) is 1.84. The van der Waals surface area contributed by atoms with Crippen molar-refractivity contribution in [3.05, 3.63) is 23.7 Å². The molecular weight excluding hydrogens is 161 g/mol. The summed E-state index contributed by atoms with van der Waals surface area (Å²) in [5.74, 6) is 0.255. The lowest BCUT2D eigenvalue weighted by Crippen LogP contribution is -2.25. The standard InChI is InChI=1S/C8H10FNO2/c1-6-7(2-5-12-6)8(11)10-4-3-9/h2,5H,3-4H2,1H3,(H,10,11). The van der Waals surface area contributed by atoms with E-state index in [2.05, 4.69) is 5.32 Å². The maximum absolute atomic E-state index is 11.7. The van der Waals surface area contributed by atoms with E-state index in [4.69, 9.17) is 4.42 Å². The lowest BCUT2D eigenvalue weighted by atomic mass is 10.2. The first-order chi connectivity index (χ1) is 5.75. The van der Waals surface area contributed by atoms with Crippen LogP contribution in [0.2, 0.25) is 0 Å². The summed E-state index contributed by atoms with van der Waals surface area (Å²) in [6, 6.07) is 1.56. The van der Waals surface area contributed by atoms with Crippen molar-refractivity contribution < 1.29 is 13.6 Å². The first-order valence-electron chi connectivity index (χ1n) is 3.64. The number of aryl methyl sites for hydroxylation is 1. The lowest BCUT2D eigenvalue weighted by molar-refractivity contribution is 0.0949. The SMILES string of the molecule is Cc1occc1C(=O)NCCF. The van der Waals surface area contributed by atoms with Crippen LogP contribution in [-0.2, 0) is 0 Å². The highest BCUT2D eigenvalue weighted by Gasteiger charge is 2.09. The van der Waals surface area contributed by atoms with Crippen LogP contribution in [0, 0.1) is 6.92 Å². The van der Waals surface area contributed by atoms with Crippen molar-refractivity contribution in [2.75, 3.05) is 13.2 Å². The summed E-state index contributed by atoms with van der Waals surface area (Å²) >= 11 is 0. The van der Waals surface area contributed by atoms with Crippen LogP contribution in [0.4, 0.5) is 4.39 Å². The molecule has 0 spiro atoms. The maximum atomic E-state index is 11.7. The quantitative estimate of drug-likeness (QED) is 0.744. The summed E-state index contributed by atoms with van der Waals surface area (Å²) in [4.78, 5) is 11.1. The fourth-order valence-corrected chi connectivity index (χ4v) is 0.877. The van der Waals surface area contributed by atoms with E-state index in [1.807, 2.05) is 0 Å². The van der Waals surface area contributed by atoms with Crippen LogP contribution in [0.1, 0.15) is 16.1 Å². The monoisotopic (exact) mass is 171 g/mol.